The molecular formula is C28H37NO6Si. The van der Waals surface area contributed by atoms with Gasteiger partial charge in [-0.15, -0.1) is 0 Å². The lowest BCUT2D eigenvalue weighted by molar-refractivity contribution is -0.136. The fourth-order valence-electron chi connectivity index (χ4n) is 4.68. The third-order valence-corrected chi connectivity index (χ3v) is 7.39. The van der Waals surface area contributed by atoms with E-state index in [9.17, 15) is 9.59 Å². The second-order valence-corrected chi connectivity index (χ2v) is 15.0. The van der Waals surface area contributed by atoms with E-state index in [1.54, 1.807) is 0 Å². The molecule has 2 aliphatic heterocycles. The molecule has 2 fully saturated rings. The average Bonchev–Trinajstić information content (AvgIpc) is 3.22. The highest BCUT2D eigenvalue weighted by atomic mass is 28.4. The van der Waals surface area contributed by atoms with Crippen molar-refractivity contribution in [2.45, 2.75) is 70.7 Å². The Hall–Kier alpha value is -2.68. The van der Waals surface area contributed by atoms with Gasteiger partial charge in [-0.1, -0.05) is 49.4 Å². The summed E-state index contributed by atoms with van der Waals surface area (Å²) in [4.78, 5) is 27.7. The number of amides is 2. The molecular weight excluding hydrogens is 474 g/mol. The zero-order chi connectivity index (χ0) is 25.7. The van der Waals surface area contributed by atoms with Crippen LogP contribution in [-0.2, 0) is 25.1 Å². The van der Waals surface area contributed by atoms with E-state index in [-0.39, 0.29) is 24.8 Å². The minimum absolute atomic E-state index is 0.191. The van der Waals surface area contributed by atoms with E-state index in [4.69, 9.17) is 18.6 Å². The van der Waals surface area contributed by atoms with Crippen LogP contribution in [0.4, 0.5) is 4.79 Å². The molecule has 8 heteroatoms. The number of rotatable bonds is 9. The molecule has 0 bridgehead atoms. The Morgan fingerprint density at radius 3 is 2.58 bits per heavy atom. The Labute approximate surface area is 214 Å². The SMILES string of the molecule is C[C@H](C(=O)N1C(=O)OC[C@H]1Cc1ccccc1)[C@@H](O[Si](C)(C)C)c1cccc(OC2CCCCO2)c1. The molecule has 1 unspecified atom stereocenters. The lowest BCUT2D eigenvalue weighted by atomic mass is 9.95. The van der Waals surface area contributed by atoms with Crippen LogP contribution in [-0.4, -0.2) is 50.8 Å². The fraction of sp³-hybridized carbons (Fsp3) is 0.500. The second kappa shape index (κ2) is 11.6. The average molecular weight is 512 g/mol. The third-order valence-electron chi connectivity index (χ3n) is 6.43. The van der Waals surface area contributed by atoms with Crippen LogP contribution in [0.3, 0.4) is 0 Å². The van der Waals surface area contributed by atoms with Gasteiger partial charge in [0.1, 0.15) is 12.4 Å². The van der Waals surface area contributed by atoms with E-state index in [1.165, 1.54) is 4.90 Å². The summed E-state index contributed by atoms with van der Waals surface area (Å²) in [5.74, 6) is -0.198. The molecule has 0 aromatic heterocycles. The number of imide groups is 1. The van der Waals surface area contributed by atoms with E-state index >= 15 is 0 Å². The molecule has 0 N–H and O–H groups in total. The van der Waals surface area contributed by atoms with Gasteiger partial charge in [-0.3, -0.25) is 4.79 Å². The number of hydrogen-bond acceptors (Lipinski definition) is 6. The van der Waals surface area contributed by atoms with Crippen LogP contribution in [0.5, 0.6) is 5.75 Å². The van der Waals surface area contributed by atoms with E-state index in [1.807, 2.05) is 61.5 Å². The Kier molecular flexibility index (Phi) is 8.49. The molecule has 0 saturated carbocycles. The number of carbonyl (C=O) groups is 2. The van der Waals surface area contributed by atoms with E-state index in [0.717, 1.165) is 30.4 Å². The highest BCUT2D eigenvalue weighted by molar-refractivity contribution is 6.69. The molecule has 2 aliphatic rings. The van der Waals surface area contributed by atoms with Crippen molar-refractivity contribution >= 4 is 20.3 Å². The summed E-state index contributed by atoms with van der Waals surface area (Å²) in [5.41, 5.74) is 1.90. The summed E-state index contributed by atoms with van der Waals surface area (Å²) < 4.78 is 23.7. The summed E-state index contributed by atoms with van der Waals surface area (Å²) in [6.07, 6.45) is 2.16. The van der Waals surface area contributed by atoms with Crippen LogP contribution >= 0.6 is 0 Å². The predicted octanol–water partition coefficient (Wildman–Crippen LogP) is 5.71. The molecule has 4 rings (SSSR count). The topological polar surface area (TPSA) is 74.3 Å². The Balaban J connectivity index is 1.55. The van der Waals surface area contributed by atoms with Crippen LogP contribution in [0, 0.1) is 5.92 Å². The zero-order valence-corrected chi connectivity index (χ0v) is 22.6. The summed E-state index contributed by atoms with van der Waals surface area (Å²) in [5, 5.41) is 0. The van der Waals surface area contributed by atoms with Gasteiger partial charge in [-0.25, -0.2) is 9.69 Å². The largest absolute Gasteiger partial charge is 0.465 e. The minimum Gasteiger partial charge on any atom is -0.465 e. The number of carbonyl (C=O) groups excluding carboxylic acids is 2. The predicted molar refractivity (Wildman–Crippen MR) is 139 cm³/mol. The first-order valence-electron chi connectivity index (χ1n) is 12.8. The van der Waals surface area contributed by atoms with Gasteiger partial charge in [0.25, 0.3) is 0 Å². The molecule has 2 heterocycles. The van der Waals surface area contributed by atoms with Crippen molar-refractivity contribution < 1.29 is 28.2 Å². The van der Waals surface area contributed by atoms with Gasteiger partial charge >= 0.3 is 6.09 Å². The van der Waals surface area contributed by atoms with Gasteiger partial charge in [0.05, 0.1) is 24.7 Å². The molecule has 0 aliphatic carbocycles. The normalized spacial score (nSPS) is 22.1. The lowest BCUT2D eigenvalue weighted by Gasteiger charge is -2.33. The summed E-state index contributed by atoms with van der Waals surface area (Å²) in [6.45, 7) is 9.00. The maximum atomic E-state index is 13.8. The number of hydrogen-bond donors (Lipinski definition) is 0. The van der Waals surface area contributed by atoms with E-state index < -0.39 is 26.4 Å². The highest BCUT2D eigenvalue weighted by Crippen LogP contribution is 2.34. The first-order valence-corrected chi connectivity index (χ1v) is 16.2. The van der Waals surface area contributed by atoms with Crippen LogP contribution < -0.4 is 4.74 Å². The van der Waals surface area contributed by atoms with Crippen LogP contribution in [0.1, 0.15) is 43.4 Å². The smallest absolute Gasteiger partial charge is 0.416 e. The van der Waals surface area contributed by atoms with Crippen molar-refractivity contribution in [3.63, 3.8) is 0 Å². The van der Waals surface area contributed by atoms with Crippen molar-refractivity contribution in [2.75, 3.05) is 13.2 Å². The van der Waals surface area contributed by atoms with Gasteiger partial charge in [0.15, 0.2) is 14.6 Å². The van der Waals surface area contributed by atoms with Gasteiger partial charge in [0.2, 0.25) is 5.91 Å². The highest BCUT2D eigenvalue weighted by Gasteiger charge is 2.43. The maximum absolute atomic E-state index is 13.8. The van der Waals surface area contributed by atoms with Gasteiger partial charge in [0, 0.05) is 6.42 Å². The van der Waals surface area contributed by atoms with Crippen molar-refractivity contribution in [3.05, 3.63) is 65.7 Å². The van der Waals surface area contributed by atoms with Crippen LogP contribution in [0.15, 0.2) is 54.6 Å². The molecule has 194 valence electrons. The standard InChI is InChI=1S/C28H37NO6Si/c1-20(27(30)29-23(19-33-28(29)31)17-21-11-6-5-7-12-21)26(35-36(2,3)4)22-13-10-14-24(18-22)34-25-15-8-9-16-32-25/h5-7,10-14,18,20,23,25-26H,8-9,15-17,19H2,1-4H3/t20-,23+,25?,26+/m0/s1. The zero-order valence-electron chi connectivity index (χ0n) is 21.6. The fourth-order valence-corrected chi connectivity index (χ4v) is 5.78. The molecule has 7 nitrogen and oxygen atoms in total. The molecule has 2 saturated heterocycles. The molecule has 2 aromatic rings. The summed E-state index contributed by atoms with van der Waals surface area (Å²) in [6, 6.07) is 17.2. The molecule has 2 amide bonds. The Morgan fingerprint density at radius 1 is 1.11 bits per heavy atom. The van der Waals surface area contributed by atoms with Crippen molar-refractivity contribution in [3.8, 4) is 5.75 Å². The molecule has 2 aromatic carbocycles. The van der Waals surface area contributed by atoms with Crippen LogP contribution in [0.25, 0.3) is 0 Å². The third kappa shape index (κ3) is 6.75. The Bertz CT molecular complexity index is 1030. The first-order chi connectivity index (χ1) is 17.2. The molecule has 0 spiro atoms. The minimum atomic E-state index is -2.06. The number of ether oxygens (including phenoxy) is 3. The van der Waals surface area contributed by atoms with Crippen molar-refractivity contribution in [1.82, 2.24) is 4.90 Å². The van der Waals surface area contributed by atoms with E-state index in [2.05, 4.69) is 19.6 Å². The van der Waals surface area contributed by atoms with Gasteiger partial charge in [-0.05, 0) is 62.2 Å². The number of cyclic esters (lactones) is 1. The lowest BCUT2D eigenvalue weighted by Crippen LogP contribution is -2.45. The molecule has 4 atom stereocenters. The summed E-state index contributed by atoms with van der Waals surface area (Å²) >= 11 is 0. The quantitative estimate of drug-likeness (QED) is 0.402. The Morgan fingerprint density at radius 2 is 1.89 bits per heavy atom. The van der Waals surface area contributed by atoms with Crippen LogP contribution in [0.2, 0.25) is 19.6 Å². The second-order valence-electron chi connectivity index (χ2n) is 10.6. The maximum Gasteiger partial charge on any atom is 0.416 e. The first kappa shape index (κ1) is 26.4. The molecule has 0 radical (unpaired) electrons. The van der Waals surface area contributed by atoms with Gasteiger partial charge in [-0.2, -0.15) is 0 Å². The van der Waals surface area contributed by atoms with E-state index in [0.29, 0.717) is 18.8 Å². The molecule has 36 heavy (non-hydrogen) atoms. The summed E-state index contributed by atoms with van der Waals surface area (Å²) in [7, 11) is -2.06. The van der Waals surface area contributed by atoms with Gasteiger partial charge < -0.3 is 18.6 Å². The number of nitrogens with zero attached hydrogens (tertiary/aromatic N) is 1. The van der Waals surface area contributed by atoms with Crippen molar-refractivity contribution in [2.24, 2.45) is 5.92 Å². The monoisotopic (exact) mass is 511 g/mol. The van der Waals surface area contributed by atoms with Crippen molar-refractivity contribution in [1.29, 1.82) is 0 Å². The number of benzene rings is 2.